The quantitative estimate of drug-likeness (QED) is 0.637. The van der Waals surface area contributed by atoms with Crippen molar-refractivity contribution in [1.29, 1.82) is 0 Å². The van der Waals surface area contributed by atoms with Crippen LogP contribution in [0.4, 0.5) is 0 Å². The van der Waals surface area contributed by atoms with Crippen LogP contribution in [0.15, 0.2) is 0 Å². The van der Waals surface area contributed by atoms with Crippen LogP contribution in [0, 0.1) is 5.92 Å². The van der Waals surface area contributed by atoms with E-state index in [1.54, 1.807) is 0 Å². The maximum absolute atomic E-state index is 5.65. The standard InChI is InChI=1S/C10H20O2/c1-7(2)5-10-11-8(3)6-9(4)12-10/h7-10H,5-6H2,1-4H3/t8-,9-/m1/s1. The topological polar surface area (TPSA) is 18.5 Å². The zero-order chi connectivity index (χ0) is 9.14. The molecular formula is C10H20O2. The highest BCUT2D eigenvalue weighted by molar-refractivity contribution is 4.66. The third kappa shape index (κ3) is 3.11. The van der Waals surface area contributed by atoms with Crippen LogP contribution in [0.25, 0.3) is 0 Å². The SMILES string of the molecule is CC(C)CC1O[C@H](C)C[C@@H](C)O1. The molecule has 0 aliphatic carbocycles. The summed E-state index contributed by atoms with van der Waals surface area (Å²) in [4.78, 5) is 0. The van der Waals surface area contributed by atoms with Crippen LogP contribution in [-0.2, 0) is 9.47 Å². The van der Waals surface area contributed by atoms with E-state index in [-0.39, 0.29) is 6.29 Å². The van der Waals surface area contributed by atoms with Crippen LogP contribution in [0.2, 0.25) is 0 Å². The summed E-state index contributed by atoms with van der Waals surface area (Å²) in [6, 6.07) is 0. The van der Waals surface area contributed by atoms with Crippen molar-refractivity contribution in [2.75, 3.05) is 0 Å². The number of rotatable bonds is 2. The average Bonchev–Trinajstić information content (AvgIpc) is 1.81. The average molecular weight is 172 g/mol. The molecule has 2 atom stereocenters. The zero-order valence-electron chi connectivity index (χ0n) is 8.54. The molecule has 0 bridgehead atoms. The normalized spacial score (nSPS) is 37.2. The van der Waals surface area contributed by atoms with Gasteiger partial charge in [0.25, 0.3) is 0 Å². The van der Waals surface area contributed by atoms with Gasteiger partial charge < -0.3 is 9.47 Å². The molecule has 1 fully saturated rings. The molecule has 1 saturated heterocycles. The molecule has 0 aromatic carbocycles. The van der Waals surface area contributed by atoms with E-state index in [0.29, 0.717) is 18.1 Å². The molecule has 1 rings (SSSR count). The summed E-state index contributed by atoms with van der Waals surface area (Å²) >= 11 is 0. The molecule has 2 nitrogen and oxygen atoms in total. The van der Waals surface area contributed by atoms with Crippen LogP contribution in [-0.4, -0.2) is 18.5 Å². The number of hydrogen-bond donors (Lipinski definition) is 0. The Morgan fingerprint density at radius 1 is 1.17 bits per heavy atom. The van der Waals surface area contributed by atoms with Crippen molar-refractivity contribution in [2.45, 2.75) is 59.0 Å². The summed E-state index contributed by atoms with van der Waals surface area (Å²) in [5.74, 6) is 0.646. The fraction of sp³-hybridized carbons (Fsp3) is 1.00. The van der Waals surface area contributed by atoms with Gasteiger partial charge in [0.2, 0.25) is 0 Å². The lowest BCUT2D eigenvalue weighted by Crippen LogP contribution is -2.36. The van der Waals surface area contributed by atoms with Crippen LogP contribution >= 0.6 is 0 Å². The molecule has 0 spiro atoms. The molecule has 0 amide bonds. The molecule has 0 aromatic heterocycles. The second kappa shape index (κ2) is 4.24. The van der Waals surface area contributed by atoms with Crippen molar-refractivity contribution in [2.24, 2.45) is 5.92 Å². The first-order valence-corrected chi connectivity index (χ1v) is 4.89. The van der Waals surface area contributed by atoms with E-state index in [2.05, 4.69) is 27.7 Å². The summed E-state index contributed by atoms with van der Waals surface area (Å²) in [5.41, 5.74) is 0. The molecule has 0 radical (unpaired) electrons. The van der Waals surface area contributed by atoms with Gasteiger partial charge in [-0.05, 0) is 26.2 Å². The predicted octanol–water partition coefficient (Wildman–Crippen LogP) is 2.57. The Hall–Kier alpha value is -0.0800. The van der Waals surface area contributed by atoms with Crippen LogP contribution < -0.4 is 0 Å². The largest absolute Gasteiger partial charge is 0.350 e. The third-order valence-corrected chi connectivity index (χ3v) is 2.10. The lowest BCUT2D eigenvalue weighted by Gasteiger charge is -2.33. The van der Waals surface area contributed by atoms with Gasteiger partial charge in [0.05, 0.1) is 12.2 Å². The second-order valence-electron chi connectivity index (χ2n) is 4.19. The van der Waals surface area contributed by atoms with Gasteiger partial charge in [0.1, 0.15) is 0 Å². The molecular weight excluding hydrogens is 152 g/mol. The molecule has 1 aliphatic heterocycles. The van der Waals surface area contributed by atoms with Gasteiger partial charge in [-0.15, -0.1) is 0 Å². The Bertz CT molecular complexity index is 121. The third-order valence-electron chi connectivity index (χ3n) is 2.10. The minimum absolute atomic E-state index is 0.0312. The van der Waals surface area contributed by atoms with E-state index < -0.39 is 0 Å². The maximum Gasteiger partial charge on any atom is 0.158 e. The van der Waals surface area contributed by atoms with E-state index in [1.807, 2.05) is 0 Å². The molecule has 0 unspecified atom stereocenters. The minimum atomic E-state index is 0.0312. The minimum Gasteiger partial charge on any atom is -0.350 e. The van der Waals surface area contributed by atoms with Crippen molar-refractivity contribution < 1.29 is 9.47 Å². The predicted molar refractivity (Wildman–Crippen MR) is 49.0 cm³/mol. The molecule has 1 aliphatic rings. The van der Waals surface area contributed by atoms with Gasteiger partial charge in [-0.1, -0.05) is 13.8 Å². The molecule has 72 valence electrons. The summed E-state index contributed by atoms with van der Waals surface area (Å²) in [7, 11) is 0. The van der Waals surface area contributed by atoms with Gasteiger partial charge in [-0.3, -0.25) is 0 Å². The first kappa shape index (κ1) is 10.0. The van der Waals surface area contributed by atoms with Crippen LogP contribution in [0.5, 0.6) is 0 Å². The van der Waals surface area contributed by atoms with E-state index in [1.165, 1.54) is 0 Å². The zero-order valence-corrected chi connectivity index (χ0v) is 8.54. The Morgan fingerprint density at radius 3 is 2.08 bits per heavy atom. The highest BCUT2D eigenvalue weighted by atomic mass is 16.7. The van der Waals surface area contributed by atoms with Crippen LogP contribution in [0.3, 0.4) is 0 Å². The van der Waals surface area contributed by atoms with E-state index in [0.717, 1.165) is 12.8 Å². The molecule has 12 heavy (non-hydrogen) atoms. The Kier molecular flexibility index (Phi) is 3.53. The Labute approximate surface area is 75.2 Å². The fourth-order valence-corrected chi connectivity index (χ4v) is 1.62. The van der Waals surface area contributed by atoms with E-state index >= 15 is 0 Å². The highest BCUT2D eigenvalue weighted by Gasteiger charge is 2.24. The maximum atomic E-state index is 5.65. The monoisotopic (exact) mass is 172 g/mol. The van der Waals surface area contributed by atoms with Crippen molar-refractivity contribution in [3.05, 3.63) is 0 Å². The first-order chi connectivity index (χ1) is 5.58. The van der Waals surface area contributed by atoms with Crippen molar-refractivity contribution in [3.63, 3.8) is 0 Å². The van der Waals surface area contributed by atoms with Crippen molar-refractivity contribution in [3.8, 4) is 0 Å². The molecule has 0 aromatic rings. The number of ether oxygens (including phenoxy) is 2. The van der Waals surface area contributed by atoms with Gasteiger partial charge in [0.15, 0.2) is 6.29 Å². The van der Waals surface area contributed by atoms with Gasteiger partial charge in [-0.25, -0.2) is 0 Å². The second-order valence-corrected chi connectivity index (χ2v) is 4.19. The molecule has 1 heterocycles. The fourth-order valence-electron chi connectivity index (χ4n) is 1.62. The van der Waals surface area contributed by atoms with Crippen molar-refractivity contribution >= 4 is 0 Å². The lowest BCUT2D eigenvalue weighted by atomic mass is 10.1. The number of hydrogen-bond acceptors (Lipinski definition) is 2. The summed E-state index contributed by atoms with van der Waals surface area (Å²) in [6.07, 6.45) is 2.78. The summed E-state index contributed by atoms with van der Waals surface area (Å²) < 4.78 is 11.3. The molecule has 0 saturated carbocycles. The van der Waals surface area contributed by atoms with E-state index in [9.17, 15) is 0 Å². The molecule has 2 heteroatoms. The highest BCUT2D eigenvalue weighted by Crippen LogP contribution is 2.22. The van der Waals surface area contributed by atoms with Crippen LogP contribution in [0.1, 0.15) is 40.5 Å². The molecule has 0 N–H and O–H groups in total. The van der Waals surface area contributed by atoms with Crippen molar-refractivity contribution in [1.82, 2.24) is 0 Å². The lowest BCUT2D eigenvalue weighted by molar-refractivity contribution is -0.239. The Balaban J connectivity index is 2.34. The smallest absolute Gasteiger partial charge is 0.158 e. The Morgan fingerprint density at radius 2 is 1.67 bits per heavy atom. The van der Waals surface area contributed by atoms with Gasteiger partial charge in [0, 0.05) is 6.42 Å². The summed E-state index contributed by atoms with van der Waals surface area (Å²) in [5, 5.41) is 0. The first-order valence-electron chi connectivity index (χ1n) is 4.89. The van der Waals surface area contributed by atoms with E-state index in [4.69, 9.17) is 9.47 Å². The van der Waals surface area contributed by atoms with Gasteiger partial charge in [-0.2, -0.15) is 0 Å². The summed E-state index contributed by atoms with van der Waals surface area (Å²) in [6.45, 7) is 8.62. The van der Waals surface area contributed by atoms with Gasteiger partial charge >= 0.3 is 0 Å².